The number of nitrogens with zero attached hydrogens (tertiary/aromatic N) is 2. The minimum atomic E-state index is -0.146. The van der Waals surface area contributed by atoms with Gasteiger partial charge in [0.25, 0.3) is 11.8 Å². The van der Waals surface area contributed by atoms with Gasteiger partial charge in [0, 0.05) is 26.5 Å². The normalized spacial score (nSPS) is 11.0. The van der Waals surface area contributed by atoms with Gasteiger partial charge < -0.3 is 19.4 Å². The fourth-order valence-electron chi connectivity index (χ4n) is 3.33. The summed E-state index contributed by atoms with van der Waals surface area (Å²) in [6.07, 6.45) is 3.83. The molecule has 0 spiro atoms. The van der Waals surface area contributed by atoms with Gasteiger partial charge in [0.1, 0.15) is 0 Å². The van der Waals surface area contributed by atoms with E-state index >= 15 is 0 Å². The van der Waals surface area contributed by atoms with Gasteiger partial charge in [-0.15, -0.1) is 0 Å². The van der Waals surface area contributed by atoms with Crippen LogP contribution in [0.1, 0.15) is 20.7 Å². The molecule has 2 amide bonds. The Bertz CT molecular complexity index is 1060. The van der Waals surface area contributed by atoms with Crippen LogP contribution in [0.4, 0.5) is 0 Å². The Morgan fingerprint density at radius 1 is 0.731 bits per heavy atom. The first-order valence-electron chi connectivity index (χ1n) is 8.30. The summed E-state index contributed by atoms with van der Waals surface area (Å²) in [7, 11) is 3.23. The van der Waals surface area contributed by atoms with Crippen molar-refractivity contribution < 1.29 is 9.59 Å². The van der Waals surface area contributed by atoms with Crippen LogP contribution in [0.2, 0.25) is 0 Å². The third-order valence-corrected chi connectivity index (χ3v) is 4.56. The number of fused-ring (bicyclic) bond motifs is 2. The first-order chi connectivity index (χ1) is 12.7. The molecule has 4 aromatic rings. The SMILES string of the molecule is CNC(=O)c1cc(-c2cc(C(=O)NC)c3ccccn23)n2ccccc12. The molecule has 0 unspecified atom stereocenters. The average Bonchev–Trinajstić information content (AvgIpc) is 3.25. The van der Waals surface area contributed by atoms with E-state index in [4.69, 9.17) is 0 Å². The zero-order valence-electron chi connectivity index (χ0n) is 14.5. The summed E-state index contributed by atoms with van der Waals surface area (Å²) in [6.45, 7) is 0. The summed E-state index contributed by atoms with van der Waals surface area (Å²) in [5.74, 6) is -0.292. The van der Waals surface area contributed by atoms with Crippen molar-refractivity contribution in [3.63, 3.8) is 0 Å². The monoisotopic (exact) mass is 346 g/mol. The predicted molar refractivity (Wildman–Crippen MR) is 101 cm³/mol. The van der Waals surface area contributed by atoms with E-state index in [9.17, 15) is 9.59 Å². The molecule has 0 atom stereocenters. The molecule has 0 fully saturated rings. The highest BCUT2D eigenvalue weighted by Gasteiger charge is 2.20. The summed E-state index contributed by atoms with van der Waals surface area (Å²) in [5.41, 5.74) is 4.50. The number of carbonyl (C=O) groups is 2. The van der Waals surface area contributed by atoms with Crippen molar-refractivity contribution in [2.45, 2.75) is 0 Å². The van der Waals surface area contributed by atoms with Crippen LogP contribution in [-0.4, -0.2) is 34.7 Å². The van der Waals surface area contributed by atoms with E-state index in [0.29, 0.717) is 11.1 Å². The zero-order valence-corrected chi connectivity index (χ0v) is 14.5. The highest BCUT2D eigenvalue weighted by atomic mass is 16.2. The molecule has 0 aliphatic heterocycles. The van der Waals surface area contributed by atoms with Crippen LogP contribution in [-0.2, 0) is 0 Å². The fraction of sp³-hybridized carbons (Fsp3) is 0.100. The van der Waals surface area contributed by atoms with Crippen LogP contribution in [0.15, 0.2) is 60.9 Å². The minimum absolute atomic E-state index is 0.146. The Morgan fingerprint density at radius 3 is 1.54 bits per heavy atom. The van der Waals surface area contributed by atoms with E-state index in [1.165, 1.54) is 0 Å². The summed E-state index contributed by atoms with van der Waals surface area (Å²) in [6, 6.07) is 15.2. The molecular formula is C20H18N4O2. The summed E-state index contributed by atoms with van der Waals surface area (Å²) >= 11 is 0. The van der Waals surface area contributed by atoms with Crippen LogP contribution < -0.4 is 10.6 Å². The third kappa shape index (κ3) is 2.27. The standard InChI is InChI=1S/C20H18N4O2/c1-21-19(25)13-11-17(23-9-5-3-7-15(13)23)18-12-14(20(26)22-2)16-8-4-6-10-24(16)18/h3-12H,1-2H3,(H,21,25)(H,22,26). The van der Waals surface area contributed by atoms with Gasteiger partial charge in [-0.25, -0.2) is 0 Å². The first kappa shape index (κ1) is 16.0. The molecule has 4 rings (SSSR count). The number of nitrogens with one attached hydrogen (secondary N) is 2. The van der Waals surface area contributed by atoms with Crippen molar-refractivity contribution in [1.82, 2.24) is 19.4 Å². The second-order valence-corrected chi connectivity index (χ2v) is 5.96. The zero-order chi connectivity index (χ0) is 18.3. The largest absolute Gasteiger partial charge is 0.355 e. The number of aromatic nitrogens is 2. The summed E-state index contributed by atoms with van der Waals surface area (Å²) in [5, 5.41) is 5.37. The number of amides is 2. The lowest BCUT2D eigenvalue weighted by Gasteiger charge is -2.04. The molecule has 4 aromatic heterocycles. The van der Waals surface area contributed by atoms with E-state index in [1.807, 2.05) is 69.7 Å². The number of rotatable bonds is 3. The van der Waals surface area contributed by atoms with E-state index in [1.54, 1.807) is 14.1 Å². The Morgan fingerprint density at radius 2 is 1.15 bits per heavy atom. The molecule has 0 saturated heterocycles. The maximum atomic E-state index is 12.3. The third-order valence-electron chi connectivity index (χ3n) is 4.56. The fourth-order valence-corrected chi connectivity index (χ4v) is 3.33. The van der Waals surface area contributed by atoms with Gasteiger partial charge in [-0.1, -0.05) is 12.1 Å². The number of pyridine rings is 2. The molecule has 4 heterocycles. The molecule has 130 valence electrons. The van der Waals surface area contributed by atoms with Gasteiger partial charge in [0.05, 0.1) is 33.5 Å². The molecule has 0 bridgehead atoms. The van der Waals surface area contributed by atoms with Crippen LogP contribution in [0.25, 0.3) is 22.4 Å². The minimum Gasteiger partial charge on any atom is -0.355 e. The van der Waals surface area contributed by atoms with Gasteiger partial charge in [-0.3, -0.25) is 9.59 Å². The van der Waals surface area contributed by atoms with E-state index in [2.05, 4.69) is 10.6 Å². The van der Waals surface area contributed by atoms with Crippen LogP contribution in [0.3, 0.4) is 0 Å². The summed E-state index contributed by atoms with van der Waals surface area (Å²) < 4.78 is 3.93. The van der Waals surface area contributed by atoms with Crippen molar-refractivity contribution in [1.29, 1.82) is 0 Å². The smallest absolute Gasteiger partial charge is 0.253 e. The van der Waals surface area contributed by atoms with Crippen molar-refractivity contribution in [3.05, 3.63) is 72.1 Å². The lowest BCUT2D eigenvalue weighted by Crippen LogP contribution is -2.17. The van der Waals surface area contributed by atoms with Gasteiger partial charge in [-0.2, -0.15) is 0 Å². The molecule has 2 N–H and O–H groups in total. The molecular weight excluding hydrogens is 328 g/mol. The maximum Gasteiger partial charge on any atom is 0.253 e. The molecule has 0 saturated carbocycles. The second kappa shape index (κ2) is 6.07. The molecule has 6 heteroatoms. The number of hydrogen-bond acceptors (Lipinski definition) is 2. The van der Waals surface area contributed by atoms with E-state index in [0.717, 1.165) is 22.4 Å². The Kier molecular flexibility index (Phi) is 3.73. The van der Waals surface area contributed by atoms with Crippen LogP contribution >= 0.6 is 0 Å². The van der Waals surface area contributed by atoms with Gasteiger partial charge in [0.15, 0.2) is 0 Å². The molecule has 26 heavy (non-hydrogen) atoms. The number of hydrogen-bond donors (Lipinski definition) is 2. The quantitative estimate of drug-likeness (QED) is 0.599. The highest BCUT2D eigenvalue weighted by molar-refractivity contribution is 6.05. The molecule has 0 aliphatic carbocycles. The average molecular weight is 346 g/mol. The van der Waals surface area contributed by atoms with Crippen molar-refractivity contribution in [2.75, 3.05) is 14.1 Å². The second-order valence-electron chi connectivity index (χ2n) is 5.96. The van der Waals surface area contributed by atoms with Crippen molar-refractivity contribution in [2.24, 2.45) is 0 Å². The van der Waals surface area contributed by atoms with E-state index in [-0.39, 0.29) is 11.8 Å². The summed E-state index contributed by atoms with van der Waals surface area (Å²) in [4.78, 5) is 24.6. The lowest BCUT2D eigenvalue weighted by molar-refractivity contribution is 0.0956. The number of carbonyl (C=O) groups excluding carboxylic acids is 2. The molecule has 6 nitrogen and oxygen atoms in total. The van der Waals surface area contributed by atoms with E-state index < -0.39 is 0 Å². The Balaban J connectivity index is 2.05. The van der Waals surface area contributed by atoms with Gasteiger partial charge in [-0.05, 0) is 36.4 Å². The van der Waals surface area contributed by atoms with Crippen LogP contribution in [0.5, 0.6) is 0 Å². The Hall–Kier alpha value is -3.54. The molecule has 0 radical (unpaired) electrons. The first-order valence-corrected chi connectivity index (χ1v) is 8.30. The Labute approximate surface area is 150 Å². The van der Waals surface area contributed by atoms with Crippen molar-refractivity contribution in [3.8, 4) is 11.4 Å². The molecule has 0 aliphatic rings. The van der Waals surface area contributed by atoms with Crippen molar-refractivity contribution >= 4 is 22.8 Å². The van der Waals surface area contributed by atoms with Gasteiger partial charge in [0.2, 0.25) is 0 Å². The topological polar surface area (TPSA) is 67.0 Å². The highest BCUT2D eigenvalue weighted by Crippen LogP contribution is 2.30. The maximum absolute atomic E-state index is 12.3. The molecule has 0 aromatic carbocycles. The van der Waals surface area contributed by atoms with Crippen LogP contribution in [0, 0.1) is 0 Å². The predicted octanol–water partition coefficient (Wildman–Crippen LogP) is 2.58. The van der Waals surface area contributed by atoms with Gasteiger partial charge >= 0.3 is 0 Å². The lowest BCUT2D eigenvalue weighted by atomic mass is 10.2.